The van der Waals surface area contributed by atoms with E-state index in [0.717, 1.165) is 5.56 Å². The van der Waals surface area contributed by atoms with Crippen molar-refractivity contribution in [2.45, 2.75) is 103 Å². The highest BCUT2D eigenvalue weighted by Crippen LogP contribution is 2.30. The van der Waals surface area contributed by atoms with Crippen molar-refractivity contribution in [3.8, 4) is 0 Å². The number of hydroxylamine groups is 2. The van der Waals surface area contributed by atoms with Gasteiger partial charge in [-0.05, 0) is 66.4 Å². The molecule has 4 rings (SSSR count). The average Bonchev–Trinajstić information content (AvgIpc) is 3.43. The predicted octanol–water partition coefficient (Wildman–Crippen LogP) is 2.44. The van der Waals surface area contributed by atoms with E-state index in [1.54, 1.807) is 41.5 Å². The zero-order valence-electron chi connectivity index (χ0n) is 25.5. The minimum atomic E-state index is -1.04. The van der Waals surface area contributed by atoms with Crippen LogP contribution in [0.15, 0.2) is 30.3 Å². The van der Waals surface area contributed by atoms with Crippen LogP contribution in [-0.4, -0.2) is 93.4 Å². The number of carbonyl (C=O) groups excluding carboxylic acids is 5. The predicted molar refractivity (Wildman–Crippen MR) is 153 cm³/mol. The van der Waals surface area contributed by atoms with Crippen molar-refractivity contribution in [3.05, 3.63) is 35.9 Å². The summed E-state index contributed by atoms with van der Waals surface area (Å²) in [5.74, 6) is -1.22. The van der Waals surface area contributed by atoms with Crippen molar-refractivity contribution in [2.24, 2.45) is 0 Å². The third-order valence-corrected chi connectivity index (χ3v) is 7.10. The first-order valence-corrected chi connectivity index (χ1v) is 14.5. The number of hydrogen-bond donors (Lipinski definition) is 3. The molecule has 0 radical (unpaired) electrons. The fourth-order valence-electron chi connectivity index (χ4n) is 5.26. The number of benzene rings is 1. The van der Waals surface area contributed by atoms with Gasteiger partial charge in [-0.2, -0.15) is 5.06 Å². The Morgan fingerprint density at radius 2 is 1.49 bits per heavy atom. The number of carbonyl (C=O) groups is 5. The number of rotatable bonds is 6. The Morgan fingerprint density at radius 1 is 0.860 bits per heavy atom. The lowest BCUT2D eigenvalue weighted by Crippen LogP contribution is -2.57. The number of ether oxygens (including phenoxy) is 2. The molecular weight excluding hydrogens is 560 g/mol. The molecular formula is C29H42N6O8. The topological polar surface area (TPSA) is 159 Å². The van der Waals surface area contributed by atoms with E-state index in [2.05, 4.69) is 16.2 Å². The second-order valence-electron chi connectivity index (χ2n) is 13.0. The second-order valence-corrected chi connectivity index (χ2v) is 13.0. The lowest BCUT2D eigenvalue weighted by atomic mass is 10.0. The molecule has 0 aliphatic carbocycles. The maximum absolute atomic E-state index is 13.2. The quantitative estimate of drug-likeness (QED) is 0.419. The molecule has 3 fully saturated rings. The highest BCUT2D eigenvalue weighted by Gasteiger charge is 2.48. The number of urea groups is 1. The van der Waals surface area contributed by atoms with E-state index >= 15 is 0 Å². The van der Waals surface area contributed by atoms with Crippen LogP contribution < -0.4 is 16.2 Å². The van der Waals surface area contributed by atoms with Crippen LogP contribution in [0.4, 0.5) is 14.4 Å². The third-order valence-electron chi connectivity index (χ3n) is 7.10. The standard InChI is InChI=1S/C29H42N6O8/c1-28(2,3)42-25(38)30-19-14-22(34(15-19)27(40)43-29(4,5)6)24(37)32-31-23(36)21-13-12-20-16-33(21)26(39)35(20)41-17-18-10-8-7-9-11-18/h7-11,19-22H,12-17H2,1-6H3,(H,30,38)(H,31,36)(H,32,37)/t19-,20+,21+,22+/m1/s1. The van der Waals surface area contributed by atoms with Gasteiger partial charge in [0.25, 0.3) is 11.8 Å². The summed E-state index contributed by atoms with van der Waals surface area (Å²) in [6.07, 6.45) is -0.397. The molecule has 6 amide bonds. The van der Waals surface area contributed by atoms with Gasteiger partial charge >= 0.3 is 18.2 Å². The molecule has 3 heterocycles. The van der Waals surface area contributed by atoms with E-state index in [-0.39, 0.29) is 25.6 Å². The maximum atomic E-state index is 13.2. The number of likely N-dealkylation sites (tertiary alicyclic amines) is 1. The maximum Gasteiger partial charge on any atom is 0.411 e. The molecule has 3 saturated heterocycles. The summed E-state index contributed by atoms with van der Waals surface area (Å²) in [5, 5.41) is 4.02. The molecule has 1 aromatic carbocycles. The first-order valence-electron chi connectivity index (χ1n) is 14.5. The van der Waals surface area contributed by atoms with E-state index in [1.807, 2.05) is 30.3 Å². The molecule has 3 N–H and O–H groups in total. The smallest absolute Gasteiger partial charge is 0.411 e. The van der Waals surface area contributed by atoms with Crippen LogP contribution in [0.2, 0.25) is 0 Å². The van der Waals surface area contributed by atoms with Crippen LogP contribution in [0.1, 0.15) is 66.4 Å². The number of fused-ring (bicyclic) bond motifs is 2. The summed E-state index contributed by atoms with van der Waals surface area (Å²) in [4.78, 5) is 73.2. The molecule has 3 aliphatic heterocycles. The van der Waals surface area contributed by atoms with Gasteiger partial charge in [-0.15, -0.1) is 0 Å². The fourth-order valence-corrected chi connectivity index (χ4v) is 5.26. The van der Waals surface area contributed by atoms with Gasteiger partial charge in [0.1, 0.15) is 29.9 Å². The molecule has 43 heavy (non-hydrogen) atoms. The first kappa shape index (κ1) is 31.9. The summed E-state index contributed by atoms with van der Waals surface area (Å²) in [7, 11) is 0. The number of nitrogens with zero attached hydrogens (tertiary/aromatic N) is 3. The van der Waals surface area contributed by atoms with E-state index < -0.39 is 59.4 Å². The van der Waals surface area contributed by atoms with Gasteiger partial charge in [0, 0.05) is 13.1 Å². The molecule has 4 atom stereocenters. The Kier molecular flexibility index (Phi) is 9.38. The molecule has 14 heteroatoms. The van der Waals surface area contributed by atoms with Crippen molar-refractivity contribution < 1.29 is 38.3 Å². The number of alkyl carbamates (subject to hydrolysis) is 1. The summed E-state index contributed by atoms with van der Waals surface area (Å²) in [5.41, 5.74) is 4.19. The van der Waals surface area contributed by atoms with Crippen molar-refractivity contribution in [1.82, 2.24) is 31.0 Å². The molecule has 0 saturated carbocycles. The molecule has 14 nitrogen and oxygen atoms in total. The van der Waals surface area contributed by atoms with Gasteiger partial charge in [-0.1, -0.05) is 30.3 Å². The van der Waals surface area contributed by atoms with Gasteiger partial charge in [0.05, 0.1) is 12.1 Å². The molecule has 0 spiro atoms. The molecule has 2 bridgehead atoms. The summed E-state index contributed by atoms with van der Waals surface area (Å²) < 4.78 is 10.8. The number of nitrogens with one attached hydrogen (secondary N) is 3. The van der Waals surface area contributed by atoms with Crippen LogP contribution in [0.25, 0.3) is 0 Å². The Labute approximate surface area is 251 Å². The summed E-state index contributed by atoms with van der Waals surface area (Å²) in [6.45, 7) is 10.8. The third kappa shape index (κ3) is 8.27. The van der Waals surface area contributed by atoms with Crippen molar-refractivity contribution in [1.29, 1.82) is 0 Å². The van der Waals surface area contributed by atoms with Crippen LogP contribution in [0.3, 0.4) is 0 Å². The van der Waals surface area contributed by atoms with Crippen LogP contribution in [0.5, 0.6) is 0 Å². The summed E-state index contributed by atoms with van der Waals surface area (Å²) >= 11 is 0. The van der Waals surface area contributed by atoms with Crippen LogP contribution in [0, 0.1) is 0 Å². The van der Waals surface area contributed by atoms with Crippen LogP contribution in [-0.2, 0) is 30.5 Å². The Morgan fingerprint density at radius 3 is 2.12 bits per heavy atom. The Balaban J connectivity index is 1.34. The lowest BCUT2D eigenvalue weighted by Gasteiger charge is -2.30. The van der Waals surface area contributed by atoms with Crippen molar-refractivity contribution >= 4 is 30.0 Å². The molecule has 236 valence electrons. The molecule has 0 unspecified atom stereocenters. The van der Waals surface area contributed by atoms with E-state index in [4.69, 9.17) is 14.3 Å². The Bertz CT molecular complexity index is 1210. The van der Waals surface area contributed by atoms with E-state index in [9.17, 15) is 24.0 Å². The Hall–Kier alpha value is -4.07. The second kappa shape index (κ2) is 12.7. The highest BCUT2D eigenvalue weighted by atomic mass is 16.7. The molecule has 0 aromatic heterocycles. The number of amides is 6. The zero-order valence-corrected chi connectivity index (χ0v) is 25.5. The average molecular weight is 603 g/mol. The zero-order chi connectivity index (χ0) is 31.5. The normalized spacial score (nSPS) is 23.6. The highest BCUT2D eigenvalue weighted by molar-refractivity contribution is 5.92. The van der Waals surface area contributed by atoms with Gasteiger partial charge in [-0.25, -0.2) is 14.4 Å². The summed E-state index contributed by atoms with van der Waals surface area (Å²) in [6, 6.07) is 6.44. The van der Waals surface area contributed by atoms with Crippen molar-refractivity contribution in [2.75, 3.05) is 13.1 Å². The lowest BCUT2D eigenvalue weighted by molar-refractivity contribution is -0.140. The van der Waals surface area contributed by atoms with Gasteiger partial charge < -0.3 is 19.7 Å². The minimum absolute atomic E-state index is 0.00526. The van der Waals surface area contributed by atoms with Crippen LogP contribution >= 0.6 is 0 Å². The number of hydrazine groups is 1. The van der Waals surface area contributed by atoms with E-state index in [1.165, 1.54) is 14.9 Å². The molecule has 3 aliphatic rings. The first-order chi connectivity index (χ1) is 20.1. The SMILES string of the molecule is CC(C)(C)OC(=O)N[C@@H]1C[C@@H](C(=O)NNC(=O)[C@@H]2CC[C@H]3CN2C(=O)N3OCc2ccccc2)N(C(=O)OC(C)(C)C)C1. The minimum Gasteiger partial charge on any atom is -0.444 e. The van der Waals surface area contributed by atoms with Crippen molar-refractivity contribution in [3.63, 3.8) is 0 Å². The largest absolute Gasteiger partial charge is 0.444 e. The van der Waals surface area contributed by atoms with Gasteiger partial charge in [-0.3, -0.25) is 30.2 Å². The monoisotopic (exact) mass is 602 g/mol. The van der Waals surface area contributed by atoms with E-state index in [0.29, 0.717) is 19.4 Å². The number of hydrogen-bond acceptors (Lipinski definition) is 8. The van der Waals surface area contributed by atoms with Gasteiger partial charge in [0.15, 0.2) is 0 Å². The van der Waals surface area contributed by atoms with Gasteiger partial charge in [0.2, 0.25) is 0 Å². The molecule has 1 aromatic rings. The number of piperidine rings is 1. The fraction of sp³-hybridized carbons (Fsp3) is 0.621.